The van der Waals surface area contributed by atoms with E-state index in [4.69, 9.17) is 9.84 Å². The van der Waals surface area contributed by atoms with Gasteiger partial charge in [-0.2, -0.15) is 0 Å². The van der Waals surface area contributed by atoms with Gasteiger partial charge in [0.2, 0.25) is 0 Å². The van der Waals surface area contributed by atoms with Crippen molar-refractivity contribution >= 4 is 0 Å². The highest BCUT2D eigenvalue weighted by molar-refractivity contribution is 4.98. The Balaban J connectivity index is 1.85. The molecule has 0 bridgehead atoms. The van der Waals surface area contributed by atoms with E-state index in [-0.39, 0.29) is 6.10 Å². The monoisotopic (exact) mass is 210 g/mol. The number of imidazole rings is 1. The normalized spacial score (nSPS) is 26.5. The Morgan fingerprint density at radius 1 is 1.47 bits per heavy atom. The smallest absolute Gasteiger partial charge is 0.296 e. The Labute approximate surface area is 89.9 Å². The molecular formula is C11H18N2O2. The van der Waals surface area contributed by atoms with Gasteiger partial charge in [-0.25, -0.2) is 4.98 Å². The van der Waals surface area contributed by atoms with E-state index in [1.165, 1.54) is 0 Å². The van der Waals surface area contributed by atoms with Crippen LogP contribution in [0.2, 0.25) is 0 Å². The lowest BCUT2D eigenvalue weighted by Gasteiger charge is -2.27. The SMILES string of the molecule is Cn1ccnc1OC1CCC(CO)CC1. The average Bonchev–Trinajstić information content (AvgIpc) is 2.66. The Kier molecular flexibility index (Phi) is 3.26. The number of aliphatic hydroxyl groups is 1. The van der Waals surface area contributed by atoms with Gasteiger partial charge in [-0.1, -0.05) is 0 Å². The van der Waals surface area contributed by atoms with Gasteiger partial charge in [-0.3, -0.25) is 0 Å². The fourth-order valence-electron chi connectivity index (χ4n) is 2.05. The van der Waals surface area contributed by atoms with Gasteiger partial charge in [0.15, 0.2) is 0 Å². The van der Waals surface area contributed by atoms with Gasteiger partial charge in [0, 0.05) is 26.0 Å². The molecule has 2 rings (SSSR count). The third-order valence-electron chi connectivity index (χ3n) is 3.10. The molecule has 4 nitrogen and oxygen atoms in total. The highest BCUT2D eigenvalue weighted by atomic mass is 16.5. The molecule has 1 saturated carbocycles. The first-order chi connectivity index (χ1) is 7.29. The van der Waals surface area contributed by atoms with Crippen LogP contribution in [0.3, 0.4) is 0 Å². The fraction of sp³-hybridized carbons (Fsp3) is 0.727. The highest BCUT2D eigenvalue weighted by Crippen LogP contribution is 2.26. The third-order valence-corrected chi connectivity index (χ3v) is 3.10. The molecule has 84 valence electrons. The largest absolute Gasteiger partial charge is 0.461 e. The fourth-order valence-corrected chi connectivity index (χ4v) is 2.05. The van der Waals surface area contributed by atoms with Crippen molar-refractivity contribution in [1.82, 2.24) is 9.55 Å². The first-order valence-electron chi connectivity index (χ1n) is 5.54. The molecule has 15 heavy (non-hydrogen) atoms. The maximum absolute atomic E-state index is 9.02. The summed E-state index contributed by atoms with van der Waals surface area (Å²) in [5.41, 5.74) is 0. The quantitative estimate of drug-likeness (QED) is 0.819. The van der Waals surface area contributed by atoms with E-state index in [2.05, 4.69) is 4.98 Å². The predicted octanol–water partition coefficient (Wildman–Crippen LogP) is 1.35. The van der Waals surface area contributed by atoms with Crippen LogP contribution in [0.25, 0.3) is 0 Å². The topological polar surface area (TPSA) is 47.3 Å². The molecule has 0 atom stereocenters. The molecule has 0 saturated heterocycles. The molecule has 0 unspecified atom stereocenters. The highest BCUT2D eigenvalue weighted by Gasteiger charge is 2.22. The molecule has 1 fully saturated rings. The van der Waals surface area contributed by atoms with E-state index in [0.29, 0.717) is 18.5 Å². The molecule has 0 aliphatic heterocycles. The van der Waals surface area contributed by atoms with Crippen molar-refractivity contribution in [2.24, 2.45) is 13.0 Å². The minimum Gasteiger partial charge on any atom is -0.461 e. The summed E-state index contributed by atoms with van der Waals surface area (Å²) in [7, 11) is 1.93. The molecule has 1 aliphatic carbocycles. The summed E-state index contributed by atoms with van der Waals surface area (Å²) in [6.45, 7) is 0.315. The summed E-state index contributed by atoms with van der Waals surface area (Å²) in [6.07, 6.45) is 8.07. The van der Waals surface area contributed by atoms with Crippen LogP contribution in [0.4, 0.5) is 0 Å². The van der Waals surface area contributed by atoms with Crippen LogP contribution in [0.5, 0.6) is 6.01 Å². The zero-order valence-electron chi connectivity index (χ0n) is 9.09. The van der Waals surface area contributed by atoms with Crippen molar-refractivity contribution < 1.29 is 9.84 Å². The van der Waals surface area contributed by atoms with Crippen LogP contribution in [-0.2, 0) is 7.05 Å². The lowest BCUT2D eigenvalue weighted by molar-refractivity contribution is 0.0943. The maximum Gasteiger partial charge on any atom is 0.296 e. The first-order valence-corrected chi connectivity index (χ1v) is 5.54. The van der Waals surface area contributed by atoms with Crippen LogP contribution in [-0.4, -0.2) is 27.4 Å². The molecule has 1 heterocycles. The third kappa shape index (κ3) is 2.50. The second-order valence-corrected chi connectivity index (χ2v) is 4.26. The number of nitrogens with zero attached hydrogens (tertiary/aromatic N) is 2. The summed E-state index contributed by atoms with van der Waals surface area (Å²) in [5, 5.41) is 9.02. The lowest BCUT2D eigenvalue weighted by Crippen LogP contribution is -2.26. The van der Waals surface area contributed by atoms with E-state index in [9.17, 15) is 0 Å². The Bertz CT molecular complexity index is 303. The van der Waals surface area contributed by atoms with E-state index in [1.54, 1.807) is 6.20 Å². The minimum atomic E-state index is 0.272. The molecule has 0 amide bonds. The predicted molar refractivity (Wildman–Crippen MR) is 56.7 cm³/mol. The van der Waals surface area contributed by atoms with Gasteiger partial charge in [-0.15, -0.1) is 0 Å². The molecule has 1 aromatic heterocycles. The molecule has 0 aromatic carbocycles. The number of aryl methyl sites for hydroxylation is 1. The number of aromatic nitrogens is 2. The van der Waals surface area contributed by atoms with Gasteiger partial charge in [0.1, 0.15) is 6.10 Å². The van der Waals surface area contributed by atoms with Gasteiger partial charge in [0.25, 0.3) is 6.01 Å². The van der Waals surface area contributed by atoms with E-state index >= 15 is 0 Å². The molecular weight excluding hydrogens is 192 g/mol. The first kappa shape index (κ1) is 10.5. The van der Waals surface area contributed by atoms with Crippen LogP contribution >= 0.6 is 0 Å². The van der Waals surface area contributed by atoms with Crippen molar-refractivity contribution in [2.75, 3.05) is 6.61 Å². The maximum atomic E-state index is 9.02. The van der Waals surface area contributed by atoms with Gasteiger partial charge in [-0.05, 0) is 31.6 Å². The minimum absolute atomic E-state index is 0.272. The summed E-state index contributed by atoms with van der Waals surface area (Å²) >= 11 is 0. The lowest BCUT2D eigenvalue weighted by atomic mass is 9.88. The van der Waals surface area contributed by atoms with Crippen LogP contribution in [0.1, 0.15) is 25.7 Å². The molecule has 1 N–H and O–H groups in total. The van der Waals surface area contributed by atoms with E-state index in [1.807, 2.05) is 17.8 Å². The van der Waals surface area contributed by atoms with Gasteiger partial charge < -0.3 is 14.4 Å². The zero-order chi connectivity index (χ0) is 10.7. The summed E-state index contributed by atoms with van der Waals surface area (Å²) in [6, 6.07) is 0.697. The van der Waals surface area contributed by atoms with Crippen LogP contribution < -0.4 is 4.74 Å². The van der Waals surface area contributed by atoms with Crippen LogP contribution in [0.15, 0.2) is 12.4 Å². The summed E-state index contributed by atoms with van der Waals surface area (Å²) in [5.74, 6) is 0.478. The van der Waals surface area contributed by atoms with Crippen molar-refractivity contribution in [2.45, 2.75) is 31.8 Å². The number of hydrogen-bond acceptors (Lipinski definition) is 3. The van der Waals surface area contributed by atoms with Crippen molar-refractivity contribution in [3.8, 4) is 6.01 Å². The second-order valence-electron chi connectivity index (χ2n) is 4.26. The van der Waals surface area contributed by atoms with Crippen molar-refractivity contribution in [3.05, 3.63) is 12.4 Å². The van der Waals surface area contributed by atoms with Crippen molar-refractivity contribution in [3.63, 3.8) is 0 Å². The summed E-state index contributed by atoms with van der Waals surface area (Å²) < 4.78 is 7.68. The van der Waals surface area contributed by atoms with Crippen LogP contribution in [0, 0.1) is 5.92 Å². The Morgan fingerprint density at radius 3 is 2.73 bits per heavy atom. The standard InChI is InChI=1S/C11H18N2O2/c1-13-7-6-12-11(13)15-10-4-2-9(8-14)3-5-10/h6-7,9-10,14H,2-5,8H2,1H3. The number of hydrogen-bond donors (Lipinski definition) is 1. The second kappa shape index (κ2) is 4.66. The molecule has 1 aromatic rings. The van der Waals surface area contributed by atoms with Crippen molar-refractivity contribution in [1.29, 1.82) is 0 Å². The number of rotatable bonds is 3. The zero-order valence-corrected chi connectivity index (χ0v) is 9.09. The van der Waals surface area contributed by atoms with Gasteiger partial charge >= 0.3 is 0 Å². The number of ether oxygens (including phenoxy) is 1. The molecule has 0 spiro atoms. The average molecular weight is 210 g/mol. The summed E-state index contributed by atoms with van der Waals surface area (Å²) in [4.78, 5) is 4.14. The van der Waals surface area contributed by atoms with E-state index in [0.717, 1.165) is 25.7 Å². The molecule has 4 heteroatoms. The molecule has 0 radical (unpaired) electrons. The number of aliphatic hydroxyl groups excluding tert-OH is 1. The van der Waals surface area contributed by atoms with E-state index < -0.39 is 0 Å². The Hall–Kier alpha value is -1.03. The Morgan fingerprint density at radius 2 is 2.20 bits per heavy atom. The van der Waals surface area contributed by atoms with Gasteiger partial charge in [0.05, 0.1) is 0 Å². The molecule has 1 aliphatic rings.